The fourth-order valence-corrected chi connectivity index (χ4v) is 3.98. The maximum absolute atomic E-state index is 11.8. The van der Waals surface area contributed by atoms with Crippen LogP contribution >= 0.6 is 0 Å². The van der Waals surface area contributed by atoms with E-state index in [1.165, 1.54) is 13.3 Å². The normalized spacial score (nSPS) is 20.6. The number of rotatable bonds is 4. The molecule has 0 unspecified atom stereocenters. The third kappa shape index (κ3) is 3.38. The first-order valence-corrected chi connectivity index (χ1v) is 7.99. The third-order valence-corrected chi connectivity index (χ3v) is 5.06. The molecule has 1 fully saturated rings. The van der Waals surface area contributed by atoms with Crippen molar-refractivity contribution >= 4 is 15.7 Å². The number of hydrogen-bond donors (Lipinski definition) is 2. The lowest BCUT2D eigenvalue weighted by molar-refractivity contribution is 0.0943. The number of carbonyl (C=O) groups excluding carboxylic acids is 1. The van der Waals surface area contributed by atoms with Crippen molar-refractivity contribution < 1.29 is 17.9 Å². The smallest absolute Gasteiger partial charge is 0.267 e. The predicted octanol–water partition coefficient (Wildman–Crippen LogP) is -0.452. The predicted molar refractivity (Wildman–Crippen MR) is 72.7 cm³/mol. The van der Waals surface area contributed by atoms with Crippen molar-refractivity contribution in [3.8, 4) is 5.75 Å². The number of H-pyrrole nitrogens is 1. The number of sulfone groups is 1. The minimum Gasteiger partial charge on any atom is -0.491 e. The summed E-state index contributed by atoms with van der Waals surface area (Å²) >= 11 is 0. The van der Waals surface area contributed by atoms with Crippen LogP contribution in [0, 0.1) is 5.92 Å². The summed E-state index contributed by atoms with van der Waals surface area (Å²) in [7, 11) is -1.58. The van der Waals surface area contributed by atoms with Crippen LogP contribution in [0.15, 0.2) is 17.1 Å². The van der Waals surface area contributed by atoms with Crippen molar-refractivity contribution in [1.82, 2.24) is 10.3 Å². The van der Waals surface area contributed by atoms with Crippen LogP contribution in [-0.4, -0.2) is 44.5 Å². The number of aromatic amines is 1. The summed E-state index contributed by atoms with van der Waals surface area (Å²) in [5.74, 6) is -0.0920. The monoisotopic (exact) mass is 300 g/mol. The SMILES string of the molecule is COc1c[nH]c(C(=O)NC[C@@H]2CCS(=O)(=O)C2)cc1=O. The minimum absolute atomic E-state index is 0.0612. The molecule has 1 aliphatic rings. The highest BCUT2D eigenvalue weighted by Crippen LogP contribution is 2.17. The lowest BCUT2D eigenvalue weighted by Crippen LogP contribution is -2.31. The molecular weight excluding hydrogens is 284 g/mol. The molecule has 0 aromatic carbocycles. The molecule has 2 N–H and O–H groups in total. The van der Waals surface area contributed by atoms with Gasteiger partial charge in [-0.25, -0.2) is 8.42 Å². The molecule has 2 heterocycles. The molecule has 0 saturated carbocycles. The Morgan fingerprint density at radius 3 is 2.85 bits per heavy atom. The van der Waals surface area contributed by atoms with Gasteiger partial charge in [-0.05, 0) is 12.3 Å². The number of hydrogen-bond acceptors (Lipinski definition) is 5. The van der Waals surface area contributed by atoms with Crippen molar-refractivity contribution in [3.63, 3.8) is 0 Å². The Kier molecular flexibility index (Phi) is 4.12. The van der Waals surface area contributed by atoms with Gasteiger partial charge in [-0.2, -0.15) is 0 Å². The first-order valence-electron chi connectivity index (χ1n) is 6.16. The molecule has 20 heavy (non-hydrogen) atoms. The van der Waals surface area contributed by atoms with Crippen molar-refractivity contribution in [2.75, 3.05) is 25.2 Å². The second-order valence-corrected chi connectivity index (χ2v) is 6.99. The summed E-state index contributed by atoms with van der Waals surface area (Å²) in [6, 6.07) is 1.15. The van der Waals surface area contributed by atoms with Gasteiger partial charge < -0.3 is 15.0 Å². The molecule has 1 atom stereocenters. The van der Waals surface area contributed by atoms with E-state index >= 15 is 0 Å². The van der Waals surface area contributed by atoms with E-state index in [0.29, 0.717) is 6.42 Å². The molecule has 2 rings (SSSR count). The summed E-state index contributed by atoms with van der Waals surface area (Å²) in [6.45, 7) is 0.284. The Morgan fingerprint density at radius 1 is 1.55 bits per heavy atom. The fourth-order valence-electron chi connectivity index (χ4n) is 2.11. The number of carbonyl (C=O) groups is 1. The molecule has 1 aromatic heterocycles. The molecule has 0 radical (unpaired) electrons. The van der Waals surface area contributed by atoms with E-state index in [-0.39, 0.29) is 40.8 Å². The van der Waals surface area contributed by atoms with Gasteiger partial charge in [0.25, 0.3) is 5.91 Å². The second kappa shape index (κ2) is 5.66. The Morgan fingerprint density at radius 2 is 2.30 bits per heavy atom. The number of pyridine rings is 1. The molecule has 8 heteroatoms. The lowest BCUT2D eigenvalue weighted by Gasteiger charge is -2.09. The van der Waals surface area contributed by atoms with Gasteiger partial charge in [0.15, 0.2) is 15.6 Å². The molecule has 0 aliphatic carbocycles. The van der Waals surface area contributed by atoms with Crippen LogP contribution in [0.5, 0.6) is 5.75 Å². The van der Waals surface area contributed by atoms with Gasteiger partial charge in [0.2, 0.25) is 5.43 Å². The van der Waals surface area contributed by atoms with Crippen molar-refractivity contribution in [2.24, 2.45) is 5.92 Å². The Balaban J connectivity index is 1.96. The Labute approximate surface area is 116 Å². The zero-order chi connectivity index (χ0) is 14.8. The first kappa shape index (κ1) is 14.6. The van der Waals surface area contributed by atoms with Gasteiger partial charge in [0, 0.05) is 18.8 Å². The van der Waals surface area contributed by atoms with E-state index in [0.717, 1.165) is 6.07 Å². The van der Waals surface area contributed by atoms with E-state index < -0.39 is 15.7 Å². The summed E-state index contributed by atoms with van der Waals surface area (Å²) in [5, 5.41) is 2.63. The largest absolute Gasteiger partial charge is 0.491 e. The highest BCUT2D eigenvalue weighted by atomic mass is 32.2. The van der Waals surface area contributed by atoms with E-state index in [1.54, 1.807) is 0 Å². The fraction of sp³-hybridized carbons (Fsp3) is 0.500. The maximum Gasteiger partial charge on any atom is 0.267 e. The van der Waals surface area contributed by atoms with Gasteiger partial charge in [-0.3, -0.25) is 9.59 Å². The topological polar surface area (TPSA) is 105 Å². The molecule has 0 spiro atoms. The third-order valence-electron chi connectivity index (χ3n) is 3.22. The molecule has 7 nitrogen and oxygen atoms in total. The first-order chi connectivity index (χ1) is 9.41. The van der Waals surface area contributed by atoms with Gasteiger partial charge in [-0.1, -0.05) is 0 Å². The zero-order valence-corrected chi connectivity index (χ0v) is 11.8. The molecule has 110 valence electrons. The molecule has 1 aliphatic heterocycles. The summed E-state index contributed by atoms with van der Waals surface area (Å²) in [5.41, 5.74) is -0.267. The van der Waals surface area contributed by atoms with E-state index in [4.69, 9.17) is 4.74 Å². The van der Waals surface area contributed by atoms with Crippen LogP contribution in [0.25, 0.3) is 0 Å². The van der Waals surface area contributed by atoms with Crippen molar-refractivity contribution in [2.45, 2.75) is 6.42 Å². The number of nitrogens with one attached hydrogen (secondary N) is 2. The molecular formula is C12H16N2O5S. The highest BCUT2D eigenvalue weighted by molar-refractivity contribution is 7.91. The summed E-state index contributed by atoms with van der Waals surface area (Å²) < 4.78 is 27.4. The Bertz CT molecular complexity index is 665. The van der Waals surface area contributed by atoms with E-state index in [1.807, 2.05) is 0 Å². The van der Waals surface area contributed by atoms with Crippen LogP contribution < -0.4 is 15.5 Å². The average Bonchev–Trinajstić information content (AvgIpc) is 2.75. The zero-order valence-electron chi connectivity index (χ0n) is 11.0. The molecule has 1 saturated heterocycles. The number of amides is 1. The van der Waals surface area contributed by atoms with Gasteiger partial charge in [0.05, 0.1) is 18.6 Å². The molecule has 1 amide bonds. The van der Waals surface area contributed by atoms with Gasteiger partial charge in [0.1, 0.15) is 5.69 Å². The lowest BCUT2D eigenvalue weighted by atomic mass is 10.1. The quantitative estimate of drug-likeness (QED) is 0.783. The van der Waals surface area contributed by atoms with Gasteiger partial charge >= 0.3 is 0 Å². The maximum atomic E-state index is 11.8. The second-order valence-electron chi connectivity index (χ2n) is 4.76. The average molecular weight is 300 g/mol. The van der Waals surface area contributed by atoms with Crippen LogP contribution in [0.1, 0.15) is 16.9 Å². The standard InChI is InChI=1S/C12H16N2O5S/c1-19-11-6-13-9(4-10(11)15)12(16)14-5-8-2-3-20(17,18)7-8/h4,6,8H,2-3,5,7H2,1H3,(H,13,15)(H,14,16)/t8-/m0/s1. The number of methoxy groups -OCH3 is 1. The van der Waals surface area contributed by atoms with Crippen LogP contribution in [0.4, 0.5) is 0 Å². The summed E-state index contributed by atoms with van der Waals surface area (Å²) in [6.07, 6.45) is 1.87. The van der Waals surface area contributed by atoms with Crippen LogP contribution in [0.2, 0.25) is 0 Å². The van der Waals surface area contributed by atoms with Gasteiger partial charge in [-0.15, -0.1) is 0 Å². The molecule has 1 aromatic rings. The number of aromatic nitrogens is 1. The highest BCUT2D eigenvalue weighted by Gasteiger charge is 2.28. The minimum atomic E-state index is -2.95. The van der Waals surface area contributed by atoms with Crippen molar-refractivity contribution in [1.29, 1.82) is 0 Å². The number of ether oxygens (including phenoxy) is 1. The summed E-state index contributed by atoms with van der Waals surface area (Å²) in [4.78, 5) is 26.0. The van der Waals surface area contributed by atoms with Crippen LogP contribution in [-0.2, 0) is 9.84 Å². The molecule has 0 bridgehead atoms. The van der Waals surface area contributed by atoms with E-state index in [2.05, 4.69) is 10.3 Å². The Hall–Kier alpha value is -1.83. The van der Waals surface area contributed by atoms with Crippen molar-refractivity contribution in [3.05, 3.63) is 28.2 Å². The van der Waals surface area contributed by atoms with E-state index in [9.17, 15) is 18.0 Å². The van der Waals surface area contributed by atoms with Crippen LogP contribution in [0.3, 0.4) is 0 Å².